The first-order valence-electron chi connectivity index (χ1n) is 11.8. The highest BCUT2D eigenvalue weighted by atomic mass is 19.1. The molecule has 4 heterocycles. The quantitative estimate of drug-likeness (QED) is 0.689. The summed E-state index contributed by atoms with van der Waals surface area (Å²) in [5, 5.41) is 14.8. The molecule has 1 aromatic heterocycles. The largest absolute Gasteiger partial charge is 0.376 e. The van der Waals surface area contributed by atoms with Crippen LogP contribution in [0.25, 0.3) is 0 Å². The fourth-order valence-corrected chi connectivity index (χ4v) is 4.76. The van der Waals surface area contributed by atoms with Crippen LogP contribution >= 0.6 is 0 Å². The van der Waals surface area contributed by atoms with Crippen molar-refractivity contribution < 1.29 is 18.7 Å². The van der Waals surface area contributed by atoms with Gasteiger partial charge in [0.15, 0.2) is 0 Å². The lowest BCUT2D eigenvalue weighted by Gasteiger charge is -2.32. The zero-order valence-corrected chi connectivity index (χ0v) is 18.7. The van der Waals surface area contributed by atoms with E-state index in [2.05, 4.69) is 25.8 Å². The number of urea groups is 1. The Morgan fingerprint density at radius 1 is 1.15 bits per heavy atom. The fourth-order valence-electron chi connectivity index (χ4n) is 4.76. The molecule has 0 radical (unpaired) electrons. The maximum Gasteiger partial charge on any atom is 0.315 e. The van der Waals surface area contributed by atoms with Crippen molar-refractivity contribution >= 4 is 6.03 Å². The smallest absolute Gasteiger partial charge is 0.315 e. The van der Waals surface area contributed by atoms with Gasteiger partial charge >= 0.3 is 6.03 Å². The molecule has 3 aliphatic rings. The number of hydrogen-bond donors (Lipinski definition) is 2. The van der Waals surface area contributed by atoms with Crippen LogP contribution in [0.5, 0.6) is 0 Å². The van der Waals surface area contributed by atoms with Crippen LogP contribution in [0.15, 0.2) is 24.3 Å². The van der Waals surface area contributed by atoms with Gasteiger partial charge in [0.25, 0.3) is 0 Å². The molecule has 2 fully saturated rings. The molecule has 0 spiro atoms. The summed E-state index contributed by atoms with van der Waals surface area (Å²) in [5.74, 6) is -0.253. The Morgan fingerprint density at radius 3 is 2.73 bits per heavy atom. The molecule has 2 amide bonds. The maximum absolute atomic E-state index is 13.2. The summed E-state index contributed by atoms with van der Waals surface area (Å²) in [6.45, 7) is 4.88. The molecule has 2 atom stereocenters. The van der Waals surface area contributed by atoms with Gasteiger partial charge < -0.3 is 20.1 Å². The minimum absolute atomic E-state index is 0.107. The lowest BCUT2D eigenvalue weighted by atomic mass is 10.0. The molecule has 3 aliphatic heterocycles. The van der Waals surface area contributed by atoms with Gasteiger partial charge in [-0.1, -0.05) is 17.3 Å². The predicted octanol–water partition coefficient (Wildman–Crippen LogP) is 2.13. The Labute approximate surface area is 192 Å². The van der Waals surface area contributed by atoms with Crippen LogP contribution in [-0.4, -0.2) is 64.3 Å². The fraction of sp³-hybridized carbons (Fsp3) is 0.609. The molecule has 0 saturated carbocycles. The number of likely N-dealkylation sites (tertiary alicyclic amines) is 1. The number of hydrogen-bond acceptors (Lipinski definition) is 6. The lowest BCUT2D eigenvalue weighted by molar-refractivity contribution is -0.00219. The highest BCUT2D eigenvalue weighted by Crippen LogP contribution is 2.27. The Kier molecular flexibility index (Phi) is 6.84. The molecule has 0 unspecified atom stereocenters. The average molecular weight is 459 g/mol. The molecule has 5 rings (SSSR count). The molecule has 10 heteroatoms. The number of nitrogens with zero attached hydrogens (tertiary/aromatic N) is 4. The van der Waals surface area contributed by atoms with E-state index in [1.807, 2.05) is 4.68 Å². The molecule has 9 nitrogen and oxygen atoms in total. The van der Waals surface area contributed by atoms with E-state index in [0.717, 1.165) is 68.9 Å². The number of rotatable bonds is 6. The Morgan fingerprint density at radius 2 is 1.97 bits per heavy atom. The van der Waals surface area contributed by atoms with Crippen molar-refractivity contribution in [2.45, 2.75) is 63.6 Å². The zero-order chi connectivity index (χ0) is 22.6. The molecule has 1 aromatic carbocycles. The van der Waals surface area contributed by atoms with E-state index < -0.39 is 0 Å². The molecule has 0 aliphatic carbocycles. The number of carbonyl (C=O) groups excluding carboxylic acids is 1. The second kappa shape index (κ2) is 10.1. The van der Waals surface area contributed by atoms with E-state index in [-0.39, 0.29) is 30.1 Å². The highest BCUT2D eigenvalue weighted by molar-refractivity contribution is 5.74. The third-order valence-electron chi connectivity index (χ3n) is 6.73. The van der Waals surface area contributed by atoms with Crippen molar-refractivity contribution in [3.8, 4) is 0 Å². The van der Waals surface area contributed by atoms with Gasteiger partial charge in [-0.05, 0) is 43.4 Å². The molecule has 33 heavy (non-hydrogen) atoms. The van der Waals surface area contributed by atoms with Gasteiger partial charge in [-0.25, -0.2) is 13.9 Å². The number of aromatic nitrogens is 3. The van der Waals surface area contributed by atoms with Crippen LogP contribution in [-0.2, 0) is 29.2 Å². The average Bonchev–Trinajstić information content (AvgIpc) is 3.49. The number of ether oxygens (including phenoxy) is 2. The number of nitrogens with one attached hydrogen (secondary N) is 2. The van der Waals surface area contributed by atoms with Gasteiger partial charge in [0.05, 0.1) is 24.9 Å². The third-order valence-corrected chi connectivity index (χ3v) is 6.73. The molecular weight excluding hydrogens is 427 g/mol. The number of fused-ring (bicyclic) bond motifs is 1. The van der Waals surface area contributed by atoms with Crippen molar-refractivity contribution in [1.29, 1.82) is 0 Å². The molecule has 0 bridgehead atoms. The number of benzene rings is 1. The zero-order valence-electron chi connectivity index (χ0n) is 18.7. The Balaban J connectivity index is 1.07. The van der Waals surface area contributed by atoms with Crippen LogP contribution in [0.4, 0.5) is 9.18 Å². The van der Waals surface area contributed by atoms with E-state index in [0.29, 0.717) is 19.7 Å². The van der Waals surface area contributed by atoms with E-state index >= 15 is 0 Å². The molecule has 178 valence electrons. The Hall–Kier alpha value is -2.56. The predicted molar refractivity (Wildman–Crippen MR) is 118 cm³/mol. The van der Waals surface area contributed by atoms with Gasteiger partial charge in [-0.3, -0.25) is 4.90 Å². The summed E-state index contributed by atoms with van der Waals surface area (Å²) < 4.78 is 26.7. The number of piperidine rings is 1. The van der Waals surface area contributed by atoms with Crippen molar-refractivity contribution in [2.24, 2.45) is 0 Å². The van der Waals surface area contributed by atoms with Gasteiger partial charge in [0, 0.05) is 38.8 Å². The third kappa shape index (κ3) is 5.51. The van der Waals surface area contributed by atoms with Crippen LogP contribution < -0.4 is 10.6 Å². The van der Waals surface area contributed by atoms with Crippen molar-refractivity contribution in [2.75, 3.05) is 26.2 Å². The molecular formula is C23H31FN6O3. The number of halogens is 1. The first-order valence-corrected chi connectivity index (χ1v) is 11.8. The van der Waals surface area contributed by atoms with Crippen molar-refractivity contribution in [3.63, 3.8) is 0 Å². The van der Waals surface area contributed by atoms with Crippen LogP contribution in [0.3, 0.4) is 0 Å². The molecule has 2 aromatic rings. The topological polar surface area (TPSA) is 93.5 Å². The SMILES string of the molecule is O=C(NC[C@H]1CCCO1)NC1CCN(Cc2nnn3c2CO[C@@H](c2ccc(F)cc2)C3)CC1. The summed E-state index contributed by atoms with van der Waals surface area (Å²) in [4.78, 5) is 14.5. The van der Waals surface area contributed by atoms with E-state index in [1.54, 1.807) is 12.1 Å². The summed E-state index contributed by atoms with van der Waals surface area (Å²) >= 11 is 0. The number of carbonyl (C=O) groups is 1. The van der Waals surface area contributed by atoms with E-state index in [1.165, 1.54) is 12.1 Å². The lowest BCUT2D eigenvalue weighted by Crippen LogP contribution is -2.48. The summed E-state index contributed by atoms with van der Waals surface area (Å²) in [5.41, 5.74) is 2.88. The first-order chi connectivity index (χ1) is 16.1. The van der Waals surface area contributed by atoms with Crippen LogP contribution in [0.1, 0.15) is 48.7 Å². The van der Waals surface area contributed by atoms with Gasteiger partial charge in [-0.15, -0.1) is 5.10 Å². The standard InChI is InChI=1S/C23H31FN6O3/c24-17-5-3-16(4-6-17)22-14-30-21(15-33-22)20(27-28-30)13-29-9-7-18(8-10-29)26-23(31)25-12-19-2-1-11-32-19/h3-6,18-19,22H,1-2,7-15H2,(H2,25,26,31)/t19-,22-/m1/s1. The second-order valence-electron chi connectivity index (χ2n) is 9.06. The van der Waals surface area contributed by atoms with Crippen molar-refractivity contribution in [1.82, 2.24) is 30.5 Å². The summed E-state index contributed by atoms with van der Waals surface area (Å²) in [6, 6.07) is 6.48. The van der Waals surface area contributed by atoms with Crippen LogP contribution in [0, 0.1) is 5.82 Å². The summed E-state index contributed by atoms with van der Waals surface area (Å²) in [6.07, 6.45) is 3.90. The second-order valence-corrected chi connectivity index (χ2v) is 9.06. The summed E-state index contributed by atoms with van der Waals surface area (Å²) in [7, 11) is 0. The van der Waals surface area contributed by atoms with Gasteiger partial charge in [0.2, 0.25) is 0 Å². The highest BCUT2D eigenvalue weighted by Gasteiger charge is 2.27. The first kappa shape index (κ1) is 22.2. The minimum Gasteiger partial charge on any atom is -0.376 e. The normalized spacial score (nSPS) is 23.9. The molecule has 2 N–H and O–H groups in total. The monoisotopic (exact) mass is 458 g/mol. The maximum atomic E-state index is 13.2. The Bertz CT molecular complexity index is 938. The van der Waals surface area contributed by atoms with E-state index in [4.69, 9.17) is 9.47 Å². The number of amides is 2. The van der Waals surface area contributed by atoms with Gasteiger partial charge in [-0.2, -0.15) is 0 Å². The van der Waals surface area contributed by atoms with Crippen molar-refractivity contribution in [3.05, 3.63) is 47.0 Å². The minimum atomic E-state index is -0.253. The molecule has 2 saturated heterocycles. The van der Waals surface area contributed by atoms with Crippen LogP contribution in [0.2, 0.25) is 0 Å². The van der Waals surface area contributed by atoms with Gasteiger partial charge in [0.1, 0.15) is 17.6 Å². The van der Waals surface area contributed by atoms with E-state index in [9.17, 15) is 9.18 Å².